The Morgan fingerprint density at radius 3 is 3.08 bits per heavy atom. The minimum atomic E-state index is -0.606. The molecule has 2 heterocycles. The molecular formula is C17H18N2O5. The molecule has 0 bridgehead atoms. The number of benzene rings is 1. The van der Waals surface area contributed by atoms with Gasteiger partial charge in [-0.15, -0.1) is 0 Å². The Morgan fingerprint density at radius 2 is 2.21 bits per heavy atom. The van der Waals surface area contributed by atoms with Gasteiger partial charge in [-0.2, -0.15) is 0 Å². The van der Waals surface area contributed by atoms with Gasteiger partial charge in [-0.1, -0.05) is 11.8 Å². The molecular weight excluding hydrogens is 312 g/mol. The number of hydrogen-bond donors (Lipinski definition) is 2. The van der Waals surface area contributed by atoms with Crippen LogP contribution >= 0.6 is 0 Å². The third kappa shape index (κ3) is 3.90. The third-order valence-electron chi connectivity index (χ3n) is 3.73. The molecule has 1 unspecified atom stereocenters. The van der Waals surface area contributed by atoms with Crippen molar-refractivity contribution in [3.63, 3.8) is 0 Å². The van der Waals surface area contributed by atoms with E-state index < -0.39 is 5.92 Å². The summed E-state index contributed by atoms with van der Waals surface area (Å²) in [6, 6.07) is 5.30. The van der Waals surface area contributed by atoms with Crippen LogP contribution in [-0.4, -0.2) is 38.3 Å². The molecule has 0 spiro atoms. The van der Waals surface area contributed by atoms with E-state index in [9.17, 15) is 9.59 Å². The van der Waals surface area contributed by atoms with Gasteiger partial charge >= 0.3 is 0 Å². The van der Waals surface area contributed by atoms with E-state index in [-0.39, 0.29) is 31.8 Å². The van der Waals surface area contributed by atoms with Crippen LogP contribution in [0.3, 0.4) is 0 Å². The summed E-state index contributed by atoms with van der Waals surface area (Å²) in [6.07, 6.45) is 1.40. The number of rotatable bonds is 4. The zero-order chi connectivity index (χ0) is 16.8. The molecule has 0 aromatic heterocycles. The predicted octanol–water partition coefficient (Wildman–Crippen LogP) is 0.440. The van der Waals surface area contributed by atoms with Crippen LogP contribution in [-0.2, 0) is 9.59 Å². The molecule has 24 heavy (non-hydrogen) atoms. The van der Waals surface area contributed by atoms with Gasteiger partial charge in [0.05, 0.1) is 6.54 Å². The zero-order valence-electron chi connectivity index (χ0n) is 13.1. The fourth-order valence-corrected chi connectivity index (χ4v) is 2.48. The standard InChI is InChI=1S/C17H18N2O5/c20-16(13-4-3-8-19-17(13)21)18-7-1-2-9-22-12-5-6-14-15(10-12)24-11-23-14/h5-6,10,13H,3-4,7-9,11H2,(H,18,20)(H,19,21). The van der Waals surface area contributed by atoms with E-state index in [1.807, 2.05) is 0 Å². The average Bonchev–Trinajstić information content (AvgIpc) is 3.06. The number of piperidine rings is 1. The quantitative estimate of drug-likeness (QED) is 0.618. The molecule has 2 N–H and O–H groups in total. The zero-order valence-corrected chi connectivity index (χ0v) is 13.1. The van der Waals surface area contributed by atoms with E-state index >= 15 is 0 Å². The van der Waals surface area contributed by atoms with E-state index in [0.717, 1.165) is 6.42 Å². The van der Waals surface area contributed by atoms with Gasteiger partial charge in [0.25, 0.3) is 0 Å². The molecule has 7 heteroatoms. The third-order valence-corrected chi connectivity index (χ3v) is 3.73. The molecule has 1 fully saturated rings. The van der Waals surface area contributed by atoms with Gasteiger partial charge in [-0.05, 0) is 25.0 Å². The summed E-state index contributed by atoms with van der Waals surface area (Å²) in [5.41, 5.74) is 0. The van der Waals surface area contributed by atoms with Gasteiger partial charge in [0.15, 0.2) is 11.5 Å². The lowest BCUT2D eigenvalue weighted by atomic mass is 9.98. The van der Waals surface area contributed by atoms with E-state index in [1.165, 1.54) is 0 Å². The number of carbonyl (C=O) groups excluding carboxylic acids is 2. The first-order valence-corrected chi connectivity index (χ1v) is 7.77. The lowest BCUT2D eigenvalue weighted by molar-refractivity contribution is -0.136. The van der Waals surface area contributed by atoms with Crippen LogP contribution in [0.25, 0.3) is 0 Å². The molecule has 126 valence electrons. The van der Waals surface area contributed by atoms with Crippen molar-refractivity contribution < 1.29 is 23.8 Å². The van der Waals surface area contributed by atoms with E-state index in [4.69, 9.17) is 14.2 Å². The summed E-state index contributed by atoms with van der Waals surface area (Å²) in [6.45, 7) is 1.24. The van der Waals surface area contributed by atoms with E-state index in [0.29, 0.717) is 30.2 Å². The van der Waals surface area contributed by atoms with Crippen LogP contribution in [0.15, 0.2) is 18.2 Å². The molecule has 1 aromatic rings. The largest absolute Gasteiger partial charge is 0.481 e. The van der Waals surface area contributed by atoms with Crippen LogP contribution < -0.4 is 24.8 Å². The lowest BCUT2D eigenvalue weighted by Gasteiger charge is -2.20. The highest BCUT2D eigenvalue weighted by molar-refractivity contribution is 6.00. The van der Waals surface area contributed by atoms with Gasteiger partial charge in [0.1, 0.15) is 18.3 Å². The van der Waals surface area contributed by atoms with Gasteiger partial charge in [0, 0.05) is 12.6 Å². The number of fused-ring (bicyclic) bond motifs is 1. The van der Waals surface area contributed by atoms with Gasteiger partial charge in [-0.25, -0.2) is 0 Å². The van der Waals surface area contributed by atoms with Gasteiger partial charge in [0.2, 0.25) is 18.6 Å². The molecule has 2 aliphatic heterocycles. The van der Waals surface area contributed by atoms with Crippen molar-refractivity contribution in [2.75, 3.05) is 26.5 Å². The molecule has 1 aromatic carbocycles. The highest BCUT2D eigenvalue weighted by Crippen LogP contribution is 2.34. The topological polar surface area (TPSA) is 85.9 Å². The van der Waals surface area contributed by atoms with Crippen molar-refractivity contribution in [2.24, 2.45) is 5.92 Å². The second kappa shape index (κ2) is 7.59. The van der Waals surface area contributed by atoms with Crippen molar-refractivity contribution in [2.45, 2.75) is 12.8 Å². The van der Waals surface area contributed by atoms with Crippen LogP contribution in [0.1, 0.15) is 12.8 Å². The molecule has 1 atom stereocenters. The summed E-state index contributed by atoms with van der Waals surface area (Å²) in [5.74, 6) is 6.50. The van der Waals surface area contributed by atoms with Crippen LogP contribution in [0, 0.1) is 17.8 Å². The Labute approximate surface area is 139 Å². The Hall–Kier alpha value is -2.88. The highest BCUT2D eigenvalue weighted by Gasteiger charge is 2.28. The molecule has 2 aliphatic rings. The van der Waals surface area contributed by atoms with Crippen molar-refractivity contribution in [1.29, 1.82) is 0 Å². The van der Waals surface area contributed by atoms with Crippen molar-refractivity contribution >= 4 is 11.8 Å². The summed E-state index contributed by atoms with van der Waals surface area (Å²) in [5, 5.41) is 5.33. The van der Waals surface area contributed by atoms with Gasteiger partial charge in [-0.3, -0.25) is 9.59 Å². The van der Waals surface area contributed by atoms with Crippen LogP contribution in [0.2, 0.25) is 0 Å². The molecule has 1 saturated heterocycles. The number of amides is 2. The number of nitrogens with one attached hydrogen (secondary N) is 2. The maximum Gasteiger partial charge on any atom is 0.233 e. The van der Waals surface area contributed by atoms with Crippen molar-refractivity contribution in [1.82, 2.24) is 10.6 Å². The van der Waals surface area contributed by atoms with Crippen LogP contribution in [0.5, 0.6) is 17.2 Å². The highest BCUT2D eigenvalue weighted by atomic mass is 16.7. The minimum absolute atomic E-state index is 0.188. The summed E-state index contributed by atoms with van der Waals surface area (Å²) >= 11 is 0. The lowest BCUT2D eigenvalue weighted by Crippen LogP contribution is -2.45. The first-order chi connectivity index (χ1) is 11.7. The Balaban J connectivity index is 1.39. The fourth-order valence-electron chi connectivity index (χ4n) is 2.48. The summed E-state index contributed by atoms with van der Waals surface area (Å²) in [7, 11) is 0. The normalized spacial score (nSPS) is 18.2. The van der Waals surface area contributed by atoms with E-state index in [1.54, 1.807) is 18.2 Å². The fraction of sp³-hybridized carbons (Fsp3) is 0.412. The smallest absolute Gasteiger partial charge is 0.233 e. The predicted molar refractivity (Wildman–Crippen MR) is 84.6 cm³/mol. The second-order valence-electron chi connectivity index (χ2n) is 5.36. The Bertz CT molecular complexity index is 692. The molecule has 0 saturated carbocycles. The maximum atomic E-state index is 11.9. The average molecular weight is 330 g/mol. The molecule has 3 rings (SSSR count). The van der Waals surface area contributed by atoms with E-state index in [2.05, 4.69) is 22.5 Å². The molecule has 7 nitrogen and oxygen atoms in total. The second-order valence-corrected chi connectivity index (χ2v) is 5.36. The maximum absolute atomic E-state index is 11.9. The first-order valence-electron chi connectivity index (χ1n) is 7.77. The molecule has 2 amide bonds. The van der Waals surface area contributed by atoms with Crippen LogP contribution in [0.4, 0.5) is 0 Å². The monoisotopic (exact) mass is 330 g/mol. The number of carbonyl (C=O) groups is 2. The van der Waals surface area contributed by atoms with Crippen molar-refractivity contribution in [3.8, 4) is 29.1 Å². The SMILES string of the molecule is O=C(NCC#CCOc1ccc2c(c1)OCO2)C1CCCNC1=O. The van der Waals surface area contributed by atoms with Crippen molar-refractivity contribution in [3.05, 3.63) is 18.2 Å². The first kappa shape index (κ1) is 16.0. The summed E-state index contributed by atoms with van der Waals surface area (Å²) < 4.78 is 16.0. The molecule has 0 aliphatic carbocycles. The Morgan fingerprint density at radius 1 is 1.33 bits per heavy atom. The molecule has 0 radical (unpaired) electrons. The minimum Gasteiger partial charge on any atom is -0.481 e. The Kier molecular flexibility index (Phi) is 5.06. The number of hydrogen-bond acceptors (Lipinski definition) is 5. The number of ether oxygens (including phenoxy) is 3. The summed E-state index contributed by atoms with van der Waals surface area (Å²) in [4.78, 5) is 23.4. The van der Waals surface area contributed by atoms with Gasteiger partial charge < -0.3 is 24.8 Å².